The molecular formula is C21H28N4O2. The Morgan fingerprint density at radius 2 is 2.00 bits per heavy atom. The number of aromatic nitrogens is 2. The van der Waals surface area contributed by atoms with E-state index in [0.29, 0.717) is 19.0 Å². The number of amides is 2. The van der Waals surface area contributed by atoms with Gasteiger partial charge in [-0.05, 0) is 56.7 Å². The highest BCUT2D eigenvalue weighted by molar-refractivity contribution is 5.85. The van der Waals surface area contributed by atoms with Crippen LogP contribution < -0.4 is 5.32 Å². The third-order valence-corrected chi connectivity index (χ3v) is 5.94. The Hall–Kier alpha value is -2.37. The minimum atomic E-state index is -0.0122. The second-order valence-corrected chi connectivity index (χ2v) is 7.84. The van der Waals surface area contributed by atoms with Crippen LogP contribution in [0.25, 0.3) is 11.0 Å². The first kappa shape index (κ1) is 18.0. The maximum Gasteiger partial charge on any atom is 0.239 e. The molecule has 0 aromatic carbocycles. The van der Waals surface area contributed by atoms with Crippen molar-refractivity contribution in [1.29, 1.82) is 0 Å². The molecule has 4 rings (SSSR count). The van der Waals surface area contributed by atoms with Gasteiger partial charge in [0.1, 0.15) is 5.65 Å². The summed E-state index contributed by atoms with van der Waals surface area (Å²) in [6.07, 6.45) is 11.6. The van der Waals surface area contributed by atoms with E-state index in [2.05, 4.69) is 33.2 Å². The lowest BCUT2D eigenvalue weighted by Gasteiger charge is -2.31. The number of fused-ring (bicyclic) bond motifs is 1. The van der Waals surface area contributed by atoms with Crippen LogP contribution >= 0.6 is 0 Å². The van der Waals surface area contributed by atoms with Gasteiger partial charge < -0.3 is 14.8 Å². The van der Waals surface area contributed by atoms with Crippen LogP contribution in [-0.4, -0.2) is 45.4 Å². The van der Waals surface area contributed by atoms with E-state index in [0.717, 1.165) is 50.6 Å². The van der Waals surface area contributed by atoms with Crippen LogP contribution in [0.3, 0.4) is 0 Å². The molecule has 144 valence electrons. The summed E-state index contributed by atoms with van der Waals surface area (Å²) in [5.74, 6) is 0.111. The Bertz CT molecular complexity index is 807. The maximum absolute atomic E-state index is 12.4. The van der Waals surface area contributed by atoms with Crippen molar-refractivity contribution < 1.29 is 9.59 Å². The molecule has 0 spiro atoms. The van der Waals surface area contributed by atoms with Crippen LogP contribution in [0, 0.1) is 0 Å². The molecule has 1 aliphatic heterocycles. The van der Waals surface area contributed by atoms with E-state index in [1.807, 2.05) is 12.3 Å². The molecule has 1 aliphatic carbocycles. The van der Waals surface area contributed by atoms with Gasteiger partial charge in [0, 0.05) is 42.8 Å². The summed E-state index contributed by atoms with van der Waals surface area (Å²) in [5, 5.41) is 4.33. The Balaban J connectivity index is 1.29. The molecular weight excluding hydrogens is 340 g/mol. The van der Waals surface area contributed by atoms with Crippen LogP contribution in [-0.2, 0) is 9.59 Å². The molecule has 3 heterocycles. The molecule has 2 fully saturated rings. The number of hydrogen-bond donors (Lipinski definition) is 1. The second kappa shape index (κ2) is 8.11. The summed E-state index contributed by atoms with van der Waals surface area (Å²) in [4.78, 5) is 30.7. The van der Waals surface area contributed by atoms with Gasteiger partial charge in [0.25, 0.3) is 0 Å². The lowest BCUT2D eigenvalue weighted by molar-refractivity contribution is -0.135. The fourth-order valence-electron chi connectivity index (χ4n) is 4.43. The summed E-state index contributed by atoms with van der Waals surface area (Å²) in [6.45, 7) is 0.928. The van der Waals surface area contributed by atoms with Gasteiger partial charge in [-0.3, -0.25) is 9.59 Å². The largest absolute Gasteiger partial charge is 0.352 e. The van der Waals surface area contributed by atoms with Gasteiger partial charge in [0.15, 0.2) is 0 Å². The van der Waals surface area contributed by atoms with Crippen LogP contribution in [0.1, 0.15) is 57.4 Å². The molecule has 2 amide bonds. The molecule has 1 saturated heterocycles. The Kier molecular flexibility index (Phi) is 5.41. The number of carbonyl (C=O) groups is 2. The standard InChI is InChI=1S/C21H28N4O2/c26-19(15-24-13-3-1-2-6-20(24)27)23-17-7-9-18(10-8-17)25-14-11-16-5-4-12-22-21(16)25/h4-5,11-12,14,17-18H,1-3,6-10,13,15H2,(H,23,26). The van der Waals surface area contributed by atoms with E-state index < -0.39 is 0 Å². The first-order chi connectivity index (χ1) is 13.2. The first-order valence-electron chi connectivity index (χ1n) is 10.2. The normalized spacial score (nSPS) is 24.0. The number of nitrogens with one attached hydrogen (secondary N) is 1. The molecule has 6 heteroatoms. The van der Waals surface area contributed by atoms with E-state index in [4.69, 9.17) is 0 Å². The lowest BCUT2D eigenvalue weighted by Crippen LogP contribution is -2.45. The third kappa shape index (κ3) is 4.15. The van der Waals surface area contributed by atoms with Crippen molar-refractivity contribution in [2.45, 2.75) is 63.5 Å². The topological polar surface area (TPSA) is 67.2 Å². The molecule has 2 aromatic heterocycles. The van der Waals surface area contributed by atoms with Crippen molar-refractivity contribution in [2.75, 3.05) is 13.1 Å². The predicted molar refractivity (Wildman–Crippen MR) is 104 cm³/mol. The number of rotatable bonds is 4. The number of likely N-dealkylation sites (tertiary alicyclic amines) is 1. The molecule has 0 atom stereocenters. The molecule has 27 heavy (non-hydrogen) atoms. The maximum atomic E-state index is 12.4. The predicted octanol–water partition coefficient (Wildman–Crippen LogP) is 3.04. The van der Waals surface area contributed by atoms with Gasteiger partial charge in [-0.25, -0.2) is 4.98 Å². The van der Waals surface area contributed by atoms with E-state index in [9.17, 15) is 9.59 Å². The Morgan fingerprint density at radius 1 is 1.15 bits per heavy atom. The number of pyridine rings is 1. The van der Waals surface area contributed by atoms with E-state index in [-0.39, 0.29) is 24.4 Å². The highest BCUT2D eigenvalue weighted by atomic mass is 16.2. The van der Waals surface area contributed by atoms with E-state index >= 15 is 0 Å². The SMILES string of the molecule is O=C(CN1CCCCCC1=O)NC1CCC(n2ccc3cccnc32)CC1. The quantitative estimate of drug-likeness (QED) is 0.902. The van der Waals surface area contributed by atoms with Crippen molar-refractivity contribution >= 4 is 22.8 Å². The monoisotopic (exact) mass is 368 g/mol. The fourth-order valence-corrected chi connectivity index (χ4v) is 4.43. The number of hydrogen-bond acceptors (Lipinski definition) is 3. The van der Waals surface area contributed by atoms with Crippen LogP contribution in [0.4, 0.5) is 0 Å². The minimum absolute atomic E-state index is 0.0122. The zero-order valence-electron chi connectivity index (χ0n) is 15.8. The Morgan fingerprint density at radius 3 is 2.85 bits per heavy atom. The third-order valence-electron chi connectivity index (χ3n) is 5.94. The van der Waals surface area contributed by atoms with Gasteiger partial charge in [0.05, 0.1) is 6.54 Å². The van der Waals surface area contributed by atoms with Crippen LogP contribution in [0.5, 0.6) is 0 Å². The summed E-state index contributed by atoms with van der Waals surface area (Å²) < 4.78 is 2.28. The van der Waals surface area contributed by atoms with Crippen molar-refractivity contribution in [3.63, 3.8) is 0 Å². The first-order valence-corrected chi connectivity index (χ1v) is 10.2. The van der Waals surface area contributed by atoms with Gasteiger partial charge in [-0.1, -0.05) is 6.42 Å². The molecule has 0 unspecified atom stereocenters. The smallest absolute Gasteiger partial charge is 0.239 e. The Labute approximate surface area is 159 Å². The molecule has 6 nitrogen and oxygen atoms in total. The second-order valence-electron chi connectivity index (χ2n) is 7.84. The lowest BCUT2D eigenvalue weighted by atomic mass is 9.91. The number of carbonyl (C=O) groups excluding carboxylic acids is 2. The highest BCUT2D eigenvalue weighted by Gasteiger charge is 2.26. The van der Waals surface area contributed by atoms with E-state index in [1.54, 1.807) is 4.90 Å². The zero-order chi connectivity index (χ0) is 18.6. The van der Waals surface area contributed by atoms with Crippen LogP contribution in [0.15, 0.2) is 30.6 Å². The van der Waals surface area contributed by atoms with Crippen molar-refractivity contribution in [3.05, 3.63) is 30.6 Å². The molecule has 0 bridgehead atoms. The average Bonchev–Trinajstić information content (AvgIpc) is 3.01. The van der Waals surface area contributed by atoms with Crippen molar-refractivity contribution in [2.24, 2.45) is 0 Å². The summed E-state index contributed by atoms with van der Waals surface area (Å²) in [6, 6.07) is 6.83. The fraction of sp³-hybridized carbons (Fsp3) is 0.571. The molecule has 1 N–H and O–H groups in total. The number of nitrogens with zero attached hydrogens (tertiary/aromatic N) is 3. The minimum Gasteiger partial charge on any atom is -0.352 e. The molecule has 0 radical (unpaired) electrons. The van der Waals surface area contributed by atoms with Crippen molar-refractivity contribution in [1.82, 2.24) is 19.8 Å². The summed E-state index contributed by atoms with van der Waals surface area (Å²) >= 11 is 0. The zero-order valence-corrected chi connectivity index (χ0v) is 15.8. The van der Waals surface area contributed by atoms with Gasteiger partial charge in [-0.2, -0.15) is 0 Å². The van der Waals surface area contributed by atoms with E-state index in [1.165, 1.54) is 5.39 Å². The van der Waals surface area contributed by atoms with Crippen LogP contribution in [0.2, 0.25) is 0 Å². The summed E-state index contributed by atoms with van der Waals surface area (Å²) in [7, 11) is 0. The van der Waals surface area contributed by atoms with Gasteiger partial charge in [0.2, 0.25) is 11.8 Å². The van der Waals surface area contributed by atoms with Gasteiger partial charge in [-0.15, -0.1) is 0 Å². The summed E-state index contributed by atoms with van der Waals surface area (Å²) in [5.41, 5.74) is 1.05. The molecule has 2 aromatic rings. The molecule has 2 aliphatic rings. The molecule has 1 saturated carbocycles. The average molecular weight is 368 g/mol. The highest BCUT2D eigenvalue weighted by Crippen LogP contribution is 2.31. The van der Waals surface area contributed by atoms with Crippen molar-refractivity contribution in [3.8, 4) is 0 Å². The van der Waals surface area contributed by atoms with Gasteiger partial charge >= 0.3 is 0 Å².